The highest BCUT2D eigenvalue weighted by atomic mass is 35.5. The van der Waals surface area contributed by atoms with Gasteiger partial charge in [0.1, 0.15) is 0 Å². The van der Waals surface area contributed by atoms with Crippen LogP contribution in [0, 0.1) is 19.8 Å². The summed E-state index contributed by atoms with van der Waals surface area (Å²) in [6.45, 7) is 8.27. The number of rotatable bonds is 6. The van der Waals surface area contributed by atoms with Gasteiger partial charge in [-0.1, -0.05) is 13.0 Å². The summed E-state index contributed by atoms with van der Waals surface area (Å²) in [5.74, 6) is 1.38. The molecule has 1 N–H and O–H groups in total. The summed E-state index contributed by atoms with van der Waals surface area (Å²) < 4.78 is 0. The number of carbonyl (C=O) groups is 1. The van der Waals surface area contributed by atoms with E-state index >= 15 is 0 Å². The first-order chi connectivity index (χ1) is 11.0. The first-order valence-electron chi connectivity index (χ1n) is 8.72. The first kappa shape index (κ1) is 18.3. The molecule has 3 nitrogen and oxygen atoms in total. The van der Waals surface area contributed by atoms with Crippen LogP contribution in [0.2, 0.25) is 0 Å². The van der Waals surface area contributed by atoms with E-state index < -0.39 is 0 Å². The van der Waals surface area contributed by atoms with Crippen LogP contribution in [0.4, 0.5) is 5.69 Å². The van der Waals surface area contributed by atoms with Gasteiger partial charge in [-0.3, -0.25) is 9.69 Å². The second-order valence-corrected chi connectivity index (χ2v) is 7.16. The number of likely N-dealkylation sites (tertiary alicyclic amines) is 1. The molecule has 4 heteroatoms. The van der Waals surface area contributed by atoms with Gasteiger partial charge in [0.05, 0.1) is 6.04 Å². The molecule has 2 unspecified atom stereocenters. The zero-order valence-corrected chi connectivity index (χ0v) is 15.3. The van der Waals surface area contributed by atoms with Gasteiger partial charge >= 0.3 is 0 Å². The minimum absolute atomic E-state index is 0.0299. The summed E-state index contributed by atoms with van der Waals surface area (Å²) in [5, 5.41) is 3.13. The van der Waals surface area contributed by atoms with Crippen molar-refractivity contribution in [3.63, 3.8) is 0 Å². The minimum Gasteiger partial charge on any atom is -0.325 e. The standard InChI is InChI=1S/C19H29ClN2O/c1-4-8-22-9-6-16(5-7-20)13-18(22)19(23)21-17-11-14(2)10-15(3)12-17/h10-12,16,18H,4-9,13H2,1-3H3,(H,21,23). The molecule has 128 valence electrons. The number of hydrogen-bond acceptors (Lipinski definition) is 2. The predicted octanol–water partition coefficient (Wildman–Crippen LogP) is 4.36. The Morgan fingerprint density at radius 1 is 1.30 bits per heavy atom. The van der Waals surface area contributed by atoms with E-state index in [4.69, 9.17) is 11.6 Å². The highest BCUT2D eigenvalue weighted by molar-refractivity contribution is 6.17. The first-order valence-corrected chi connectivity index (χ1v) is 9.26. The van der Waals surface area contributed by atoms with E-state index in [0.29, 0.717) is 11.8 Å². The third-order valence-electron chi connectivity index (χ3n) is 4.64. The number of amides is 1. The molecule has 0 aromatic heterocycles. The highest BCUT2D eigenvalue weighted by Crippen LogP contribution is 2.27. The molecule has 0 aliphatic carbocycles. The summed E-state index contributed by atoms with van der Waals surface area (Å²) in [4.78, 5) is 15.2. The SMILES string of the molecule is CCCN1CCC(CCCl)CC1C(=O)Nc1cc(C)cc(C)c1. The Hall–Kier alpha value is -1.06. The molecule has 0 bridgehead atoms. The molecular formula is C19H29ClN2O. The van der Waals surface area contributed by atoms with Crippen LogP contribution in [0.15, 0.2) is 18.2 Å². The maximum atomic E-state index is 12.8. The Bertz CT molecular complexity index is 512. The molecule has 0 spiro atoms. The average molecular weight is 337 g/mol. The molecule has 1 saturated heterocycles. The van der Waals surface area contributed by atoms with Crippen molar-refractivity contribution < 1.29 is 4.79 Å². The zero-order chi connectivity index (χ0) is 16.8. The third-order valence-corrected chi connectivity index (χ3v) is 4.86. The molecule has 1 heterocycles. The fourth-order valence-electron chi connectivity index (χ4n) is 3.60. The Balaban J connectivity index is 2.08. The largest absolute Gasteiger partial charge is 0.325 e. The molecule has 1 fully saturated rings. The molecule has 0 radical (unpaired) electrons. The summed E-state index contributed by atoms with van der Waals surface area (Å²) in [5.41, 5.74) is 3.26. The van der Waals surface area contributed by atoms with Crippen LogP contribution in [-0.4, -0.2) is 35.8 Å². The van der Waals surface area contributed by atoms with Crippen molar-refractivity contribution in [1.29, 1.82) is 0 Å². The number of anilines is 1. The Kier molecular flexibility index (Phi) is 6.91. The molecule has 0 saturated carbocycles. The number of alkyl halides is 1. The van der Waals surface area contributed by atoms with Gasteiger partial charge in [-0.15, -0.1) is 11.6 Å². The maximum absolute atomic E-state index is 12.8. The lowest BCUT2D eigenvalue weighted by Gasteiger charge is -2.38. The summed E-state index contributed by atoms with van der Waals surface area (Å²) in [7, 11) is 0. The van der Waals surface area contributed by atoms with Gasteiger partial charge in [-0.25, -0.2) is 0 Å². The molecule has 23 heavy (non-hydrogen) atoms. The van der Waals surface area contributed by atoms with Gasteiger partial charge in [0.15, 0.2) is 0 Å². The molecule has 1 aliphatic heterocycles. The third kappa shape index (κ3) is 5.22. The molecule has 1 aliphatic rings. The quantitative estimate of drug-likeness (QED) is 0.783. The van der Waals surface area contributed by atoms with Crippen molar-refractivity contribution in [1.82, 2.24) is 4.90 Å². The average Bonchev–Trinajstić information content (AvgIpc) is 2.48. The van der Waals surface area contributed by atoms with Crippen LogP contribution in [0.1, 0.15) is 43.7 Å². The molecule has 1 amide bonds. The number of aryl methyl sites for hydroxylation is 2. The molecule has 1 aromatic carbocycles. The fraction of sp³-hybridized carbons (Fsp3) is 0.632. The summed E-state index contributed by atoms with van der Waals surface area (Å²) in [6.07, 6.45) is 4.16. The van der Waals surface area contributed by atoms with E-state index in [1.165, 1.54) is 11.1 Å². The Morgan fingerprint density at radius 3 is 2.61 bits per heavy atom. The number of nitrogens with zero attached hydrogens (tertiary/aromatic N) is 1. The number of piperidine rings is 1. The topological polar surface area (TPSA) is 32.3 Å². The highest BCUT2D eigenvalue weighted by Gasteiger charge is 2.32. The zero-order valence-electron chi connectivity index (χ0n) is 14.6. The summed E-state index contributed by atoms with van der Waals surface area (Å²) >= 11 is 5.91. The fourth-order valence-corrected chi connectivity index (χ4v) is 3.91. The number of hydrogen-bond donors (Lipinski definition) is 1. The number of carbonyl (C=O) groups excluding carboxylic acids is 1. The van der Waals surface area contributed by atoms with Gasteiger partial charge < -0.3 is 5.32 Å². The number of nitrogens with one attached hydrogen (secondary N) is 1. The lowest BCUT2D eigenvalue weighted by Crippen LogP contribution is -2.49. The van der Waals surface area contributed by atoms with Crippen LogP contribution in [0.3, 0.4) is 0 Å². The predicted molar refractivity (Wildman–Crippen MR) is 98.3 cm³/mol. The lowest BCUT2D eigenvalue weighted by atomic mass is 9.88. The maximum Gasteiger partial charge on any atom is 0.241 e. The summed E-state index contributed by atoms with van der Waals surface area (Å²) in [6, 6.07) is 6.16. The Labute approximate surface area is 145 Å². The number of halogens is 1. The second kappa shape index (κ2) is 8.70. The van der Waals surface area contributed by atoms with Gasteiger partial charge in [0, 0.05) is 11.6 Å². The second-order valence-electron chi connectivity index (χ2n) is 6.79. The van der Waals surface area contributed by atoms with Crippen LogP contribution in [-0.2, 0) is 4.79 Å². The smallest absolute Gasteiger partial charge is 0.241 e. The lowest BCUT2D eigenvalue weighted by molar-refractivity contribution is -0.123. The van der Waals surface area contributed by atoms with E-state index in [1.807, 2.05) is 12.1 Å². The monoisotopic (exact) mass is 336 g/mol. The van der Waals surface area contributed by atoms with Crippen molar-refractivity contribution in [2.24, 2.45) is 5.92 Å². The van der Waals surface area contributed by atoms with Crippen molar-refractivity contribution >= 4 is 23.2 Å². The van der Waals surface area contributed by atoms with E-state index in [1.54, 1.807) is 0 Å². The van der Waals surface area contributed by atoms with E-state index in [9.17, 15) is 4.79 Å². The van der Waals surface area contributed by atoms with Gasteiger partial charge in [0.25, 0.3) is 0 Å². The van der Waals surface area contributed by atoms with Crippen molar-refractivity contribution in [2.45, 2.75) is 52.5 Å². The van der Waals surface area contributed by atoms with Crippen molar-refractivity contribution in [2.75, 3.05) is 24.3 Å². The molecule has 1 aromatic rings. The van der Waals surface area contributed by atoms with Crippen molar-refractivity contribution in [3.05, 3.63) is 29.3 Å². The van der Waals surface area contributed by atoms with E-state index in [0.717, 1.165) is 44.5 Å². The molecule has 2 atom stereocenters. The van der Waals surface area contributed by atoms with Crippen molar-refractivity contribution in [3.8, 4) is 0 Å². The van der Waals surface area contributed by atoms with Gasteiger partial charge in [0.2, 0.25) is 5.91 Å². The van der Waals surface area contributed by atoms with Crippen LogP contribution < -0.4 is 5.32 Å². The normalized spacial score (nSPS) is 22.1. The van der Waals surface area contributed by atoms with E-state index in [2.05, 4.69) is 37.1 Å². The molecular weight excluding hydrogens is 308 g/mol. The molecule has 2 rings (SSSR count). The van der Waals surface area contributed by atoms with Crippen LogP contribution in [0.25, 0.3) is 0 Å². The van der Waals surface area contributed by atoms with Crippen LogP contribution >= 0.6 is 11.6 Å². The Morgan fingerprint density at radius 2 is 2.00 bits per heavy atom. The van der Waals surface area contributed by atoms with Gasteiger partial charge in [-0.05, 0) is 81.8 Å². The minimum atomic E-state index is -0.0299. The van der Waals surface area contributed by atoms with E-state index in [-0.39, 0.29) is 11.9 Å². The van der Waals surface area contributed by atoms with Crippen LogP contribution in [0.5, 0.6) is 0 Å². The van der Waals surface area contributed by atoms with Gasteiger partial charge in [-0.2, -0.15) is 0 Å². The number of benzene rings is 1.